The Bertz CT molecular complexity index is 421. The fraction of sp³-hybridized carbons (Fsp3) is 0.700. The third-order valence-corrected chi connectivity index (χ3v) is 8.70. The lowest BCUT2D eigenvalue weighted by Crippen LogP contribution is -2.17. The van der Waals surface area contributed by atoms with Crippen molar-refractivity contribution in [2.24, 2.45) is 0 Å². The lowest BCUT2D eigenvalue weighted by molar-refractivity contribution is 0.618. The van der Waals surface area contributed by atoms with Crippen LogP contribution in [-0.2, 0) is 0 Å². The van der Waals surface area contributed by atoms with Crippen LogP contribution in [0.1, 0.15) is 76.3 Å². The van der Waals surface area contributed by atoms with Crippen molar-refractivity contribution in [3.8, 4) is 0 Å². The molecule has 1 saturated heterocycles. The molecule has 0 amide bonds. The first-order chi connectivity index (χ1) is 10.2. The van der Waals surface area contributed by atoms with E-state index in [0.29, 0.717) is 0 Å². The van der Waals surface area contributed by atoms with Crippen LogP contribution in [0.2, 0.25) is 0 Å². The summed E-state index contributed by atoms with van der Waals surface area (Å²) < 4.78 is 0. The third kappa shape index (κ3) is 4.32. The molecule has 0 bridgehead atoms. The Balaban J connectivity index is 2.21. The molecule has 1 aromatic rings. The maximum absolute atomic E-state index is 2.47. The van der Waals surface area contributed by atoms with E-state index in [0.717, 1.165) is 11.3 Å². The van der Waals surface area contributed by atoms with Gasteiger partial charge < -0.3 is 0 Å². The van der Waals surface area contributed by atoms with Gasteiger partial charge in [-0.25, -0.2) is 0 Å². The molecule has 0 radical (unpaired) electrons. The molecule has 0 N–H and O–H groups in total. The molecule has 1 heteroatoms. The first-order valence-electron chi connectivity index (χ1n) is 9.03. The topological polar surface area (TPSA) is 0 Å². The van der Waals surface area contributed by atoms with Crippen LogP contribution in [0, 0.1) is 13.8 Å². The predicted molar refractivity (Wildman–Crippen MR) is 98.3 cm³/mol. The van der Waals surface area contributed by atoms with Crippen LogP contribution in [0.3, 0.4) is 0 Å². The molecule has 2 rings (SSSR count). The minimum absolute atomic E-state index is 0.0765. The second kappa shape index (κ2) is 8.33. The van der Waals surface area contributed by atoms with Gasteiger partial charge >= 0.3 is 0 Å². The number of benzene rings is 1. The zero-order valence-electron chi connectivity index (χ0n) is 14.5. The summed E-state index contributed by atoms with van der Waals surface area (Å²) in [6.45, 7) is 9.24. The minimum atomic E-state index is 0.0765. The first kappa shape index (κ1) is 17.0. The second-order valence-electron chi connectivity index (χ2n) is 6.87. The van der Waals surface area contributed by atoms with Gasteiger partial charge in [0.15, 0.2) is 0 Å². The highest BCUT2D eigenvalue weighted by atomic mass is 31.1. The van der Waals surface area contributed by atoms with E-state index in [-0.39, 0.29) is 7.92 Å². The standard InChI is InChI=1S/C20H33P/c1-5-7-9-18-12-13-19(10-8-6-2)21(18)20-14-11-16(3)15-17(20)4/h11,14-15,18-19H,5-10,12-13H2,1-4H3. The lowest BCUT2D eigenvalue weighted by Gasteiger charge is -2.28. The van der Waals surface area contributed by atoms with Gasteiger partial charge in [-0.15, -0.1) is 0 Å². The van der Waals surface area contributed by atoms with Crippen LogP contribution in [0.5, 0.6) is 0 Å². The molecule has 0 aliphatic carbocycles. The molecule has 2 atom stereocenters. The van der Waals surface area contributed by atoms with Gasteiger partial charge in [-0.3, -0.25) is 0 Å². The summed E-state index contributed by atoms with van der Waals surface area (Å²) in [6, 6.07) is 7.22. The SMILES string of the molecule is CCCCC1CCC(CCCC)P1c1ccc(C)cc1C. The largest absolute Gasteiger partial charge is 0.0687 e. The first-order valence-corrected chi connectivity index (χ1v) is 10.5. The van der Waals surface area contributed by atoms with Crippen LogP contribution in [0.4, 0.5) is 0 Å². The maximum atomic E-state index is 2.47. The van der Waals surface area contributed by atoms with Crippen molar-refractivity contribution in [1.29, 1.82) is 0 Å². The molecule has 0 aromatic heterocycles. The van der Waals surface area contributed by atoms with Gasteiger partial charge in [0.05, 0.1) is 0 Å². The summed E-state index contributed by atoms with van der Waals surface area (Å²) in [5.74, 6) is 0. The Hall–Kier alpha value is -0.350. The minimum Gasteiger partial charge on any atom is -0.0687 e. The highest BCUT2D eigenvalue weighted by Crippen LogP contribution is 2.58. The van der Waals surface area contributed by atoms with E-state index in [1.165, 1.54) is 56.9 Å². The molecule has 2 unspecified atom stereocenters. The highest BCUT2D eigenvalue weighted by molar-refractivity contribution is 7.67. The summed E-state index contributed by atoms with van der Waals surface area (Å²) >= 11 is 0. The average molecular weight is 304 g/mol. The fourth-order valence-corrected chi connectivity index (χ4v) is 7.77. The van der Waals surface area contributed by atoms with Crippen LogP contribution >= 0.6 is 7.92 Å². The summed E-state index contributed by atoms with van der Waals surface area (Å²) in [4.78, 5) is 0. The Morgan fingerprint density at radius 3 is 2.00 bits per heavy atom. The number of aryl methyl sites for hydroxylation is 2. The van der Waals surface area contributed by atoms with Crippen molar-refractivity contribution in [3.63, 3.8) is 0 Å². The second-order valence-corrected chi connectivity index (χ2v) is 9.62. The van der Waals surface area contributed by atoms with Gasteiger partial charge in [-0.2, -0.15) is 0 Å². The van der Waals surface area contributed by atoms with Crippen LogP contribution in [0.25, 0.3) is 0 Å². The number of unbranched alkanes of at least 4 members (excludes halogenated alkanes) is 2. The third-order valence-electron chi connectivity index (χ3n) is 5.03. The molecule has 118 valence electrons. The molecule has 1 aromatic carbocycles. The Morgan fingerprint density at radius 1 is 0.952 bits per heavy atom. The molecule has 21 heavy (non-hydrogen) atoms. The summed E-state index contributed by atoms with van der Waals surface area (Å²) in [5.41, 5.74) is 4.98. The van der Waals surface area contributed by atoms with Crippen molar-refractivity contribution >= 4 is 13.2 Å². The molecule has 1 aliphatic heterocycles. The molecular formula is C20H33P. The summed E-state index contributed by atoms with van der Waals surface area (Å²) in [5, 5.41) is 1.73. The van der Waals surface area contributed by atoms with E-state index < -0.39 is 0 Å². The Labute approximate surface area is 133 Å². The monoisotopic (exact) mass is 304 g/mol. The van der Waals surface area contributed by atoms with Crippen molar-refractivity contribution in [3.05, 3.63) is 29.3 Å². The van der Waals surface area contributed by atoms with Crippen molar-refractivity contribution in [2.75, 3.05) is 0 Å². The van der Waals surface area contributed by atoms with Crippen molar-refractivity contribution < 1.29 is 0 Å². The quantitative estimate of drug-likeness (QED) is 0.517. The van der Waals surface area contributed by atoms with Gasteiger partial charge in [0, 0.05) is 0 Å². The smallest absolute Gasteiger partial charge is 0.0166 e. The van der Waals surface area contributed by atoms with Crippen LogP contribution in [0.15, 0.2) is 18.2 Å². The van der Waals surface area contributed by atoms with Crippen LogP contribution in [-0.4, -0.2) is 11.3 Å². The Kier molecular flexibility index (Phi) is 6.74. The van der Waals surface area contributed by atoms with Gasteiger partial charge in [-0.1, -0.05) is 71.2 Å². The molecule has 0 spiro atoms. The van der Waals surface area contributed by atoms with E-state index in [4.69, 9.17) is 0 Å². The predicted octanol–water partition coefficient (Wildman–Crippen LogP) is 6.32. The molecule has 0 saturated carbocycles. The normalized spacial score (nSPS) is 25.4. The zero-order chi connectivity index (χ0) is 15.2. The van der Waals surface area contributed by atoms with E-state index in [2.05, 4.69) is 45.9 Å². The number of hydrogen-bond donors (Lipinski definition) is 0. The zero-order valence-corrected chi connectivity index (χ0v) is 15.4. The summed E-state index contributed by atoms with van der Waals surface area (Å²) in [6.07, 6.45) is 11.5. The molecule has 1 fully saturated rings. The van der Waals surface area contributed by atoms with Crippen LogP contribution < -0.4 is 5.30 Å². The molecule has 1 aliphatic rings. The number of rotatable bonds is 7. The fourth-order valence-electron chi connectivity index (χ4n) is 3.90. The lowest BCUT2D eigenvalue weighted by atomic mass is 10.1. The highest BCUT2D eigenvalue weighted by Gasteiger charge is 2.36. The van der Waals surface area contributed by atoms with E-state index in [1.54, 1.807) is 10.9 Å². The van der Waals surface area contributed by atoms with Gasteiger partial charge in [-0.05, 0) is 61.7 Å². The van der Waals surface area contributed by atoms with E-state index >= 15 is 0 Å². The molecular weight excluding hydrogens is 271 g/mol. The average Bonchev–Trinajstić information content (AvgIpc) is 2.85. The van der Waals surface area contributed by atoms with Gasteiger partial charge in [0.2, 0.25) is 0 Å². The van der Waals surface area contributed by atoms with Crippen molar-refractivity contribution in [1.82, 2.24) is 0 Å². The van der Waals surface area contributed by atoms with Gasteiger partial charge in [0.1, 0.15) is 0 Å². The van der Waals surface area contributed by atoms with Crippen molar-refractivity contribution in [2.45, 2.75) is 90.4 Å². The summed E-state index contributed by atoms with van der Waals surface area (Å²) in [7, 11) is 0.0765. The molecule has 0 nitrogen and oxygen atoms in total. The number of hydrogen-bond acceptors (Lipinski definition) is 0. The van der Waals surface area contributed by atoms with E-state index in [1.807, 2.05) is 0 Å². The van der Waals surface area contributed by atoms with Gasteiger partial charge in [0.25, 0.3) is 0 Å². The Morgan fingerprint density at radius 2 is 1.52 bits per heavy atom. The maximum Gasteiger partial charge on any atom is -0.0166 e. The van der Waals surface area contributed by atoms with E-state index in [9.17, 15) is 0 Å². The molecule has 1 heterocycles.